The molecule has 0 atom stereocenters. The zero-order chi connectivity index (χ0) is 31.2. The van der Waals surface area contributed by atoms with Crippen molar-refractivity contribution in [1.29, 1.82) is 0 Å². The Balaban J connectivity index is 1.55. The van der Waals surface area contributed by atoms with Crippen molar-refractivity contribution in [3.8, 4) is 0 Å². The number of rotatable bonds is 7. The fourth-order valence-corrected chi connectivity index (χ4v) is 5.21. The highest BCUT2D eigenvalue weighted by molar-refractivity contribution is 8.18. The summed E-state index contributed by atoms with van der Waals surface area (Å²) in [5.74, 6) is -1.96. The van der Waals surface area contributed by atoms with E-state index in [4.69, 9.17) is 0 Å². The molecule has 0 saturated carbocycles. The maximum atomic E-state index is 13.6. The van der Waals surface area contributed by atoms with Gasteiger partial charge < -0.3 is 0 Å². The highest BCUT2D eigenvalue weighted by Crippen LogP contribution is 2.38. The SMILES string of the molecule is CN(C)S(=O)(=O)NC(=O)CN1C(=O)SC(=Cc2ccc3c(cnn3Cc3ccc(C(F)(F)F)cc3C(F)(F)F)c2)C1=O. The lowest BCUT2D eigenvalue weighted by Gasteiger charge is -2.16. The molecule has 3 aromatic rings. The van der Waals surface area contributed by atoms with Gasteiger partial charge in [-0.3, -0.25) is 24.0 Å². The highest BCUT2D eigenvalue weighted by atomic mass is 32.2. The summed E-state index contributed by atoms with van der Waals surface area (Å²) in [5, 5.41) is 3.65. The minimum absolute atomic E-state index is 0.0526. The van der Waals surface area contributed by atoms with Gasteiger partial charge in [-0.1, -0.05) is 12.1 Å². The normalized spacial score (nSPS) is 15.8. The Morgan fingerprint density at radius 2 is 1.74 bits per heavy atom. The summed E-state index contributed by atoms with van der Waals surface area (Å²) < 4.78 is 107. The topological polar surface area (TPSA) is 122 Å². The third-order valence-corrected chi connectivity index (χ3v) is 8.28. The number of carbonyl (C=O) groups excluding carboxylic acids is 3. The van der Waals surface area contributed by atoms with Gasteiger partial charge in [-0.05, 0) is 53.2 Å². The Labute approximate surface area is 238 Å². The average molecular weight is 636 g/mol. The first kappa shape index (κ1) is 31.0. The van der Waals surface area contributed by atoms with Crippen LogP contribution in [0.3, 0.4) is 0 Å². The van der Waals surface area contributed by atoms with Crippen LogP contribution in [0.2, 0.25) is 0 Å². The first-order valence-corrected chi connectivity index (χ1v) is 13.8. The molecule has 18 heteroatoms. The number of nitrogens with zero attached hydrogens (tertiary/aromatic N) is 4. The molecule has 0 aliphatic carbocycles. The molecule has 3 amide bonds. The summed E-state index contributed by atoms with van der Waals surface area (Å²) in [6, 6.07) is 5.82. The number of nitrogens with one attached hydrogen (secondary N) is 1. The second-order valence-electron chi connectivity index (χ2n) is 9.07. The number of imide groups is 1. The van der Waals surface area contributed by atoms with Crippen LogP contribution in [0, 0.1) is 0 Å². The van der Waals surface area contributed by atoms with Gasteiger partial charge in [0.2, 0.25) is 0 Å². The lowest BCUT2D eigenvalue weighted by Crippen LogP contribution is -2.45. The Hall–Kier alpha value is -3.90. The maximum absolute atomic E-state index is 13.6. The summed E-state index contributed by atoms with van der Waals surface area (Å²) >= 11 is 0.513. The molecule has 0 unspecified atom stereocenters. The van der Waals surface area contributed by atoms with Crippen LogP contribution >= 0.6 is 11.8 Å². The molecule has 2 heterocycles. The molecule has 2 aromatic carbocycles. The molecular formula is C24H19F6N5O5S2. The number of amides is 3. The van der Waals surface area contributed by atoms with Gasteiger partial charge in [0, 0.05) is 19.5 Å². The summed E-state index contributed by atoms with van der Waals surface area (Å²) in [7, 11) is -1.79. The number of alkyl halides is 6. The maximum Gasteiger partial charge on any atom is 0.416 e. The van der Waals surface area contributed by atoms with E-state index in [2.05, 4.69) is 5.10 Å². The number of halogens is 6. The van der Waals surface area contributed by atoms with Gasteiger partial charge in [-0.25, -0.2) is 4.72 Å². The van der Waals surface area contributed by atoms with Crippen LogP contribution < -0.4 is 4.72 Å². The van der Waals surface area contributed by atoms with Crippen LogP contribution in [0.25, 0.3) is 17.0 Å². The molecule has 0 spiro atoms. The second-order valence-corrected chi connectivity index (χ2v) is 11.9. The number of benzene rings is 2. The summed E-state index contributed by atoms with van der Waals surface area (Å²) in [6.07, 6.45) is -7.36. The predicted molar refractivity (Wildman–Crippen MR) is 139 cm³/mol. The van der Waals surface area contributed by atoms with E-state index < -0.39 is 69.4 Å². The zero-order valence-electron chi connectivity index (χ0n) is 21.4. The third-order valence-electron chi connectivity index (χ3n) is 5.93. The van der Waals surface area contributed by atoms with E-state index >= 15 is 0 Å². The molecule has 1 fully saturated rings. The second kappa shape index (κ2) is 11.1. The van der Waals surface area contributed by atoms with E-state index in [-0.39, 0.29) is 11.0 Å². The zero-order valence-corrected chi connectivity index (χ0v) is 23.1. The van der Waals surface area contributed by atoms with E-state index in [1.807, 2.05) is 0 Å². The summed E-state index contributed by atoms with van der Waals surface area (Å²) in [4.78, 5) is 37.6. The summed E-state index contributed by atoms with van der Waals surface area (Å²) in [6.45, 7) is -1.33. The van der Waals surface area contributed by atoms with Crippen LogP contribution in [-0.4, -0.2) is 65.1 Å². The third kappa shape index (κ3) is 6.60. The van der Waals surface area contributed by atoms with Gasteiger partial charge in [0.1, 0.15) is 6.54 Å². The largest absolute Gasteiger partial charge is 0.416 e. The van der Waals surface area contributed by atoms with Gasteiger partial charge >= 0.3 is 22.6 Å². The Morgan fingerprint density at radius 1 is 1.05 bits per heavy atom. The molecule has 1 aliphatic heterocycles. The molecular weight excluding hydrogens is 616 g/mol. The van der Waals surface area contributed by atoms with Crippen molar-refractivity contribution in [2.45, 2.75) is 18.9 Å². The first-order chi connectivity index (χ1) is 19.4. The van der Waals surface area contributed by atoms with E-state index in [9.17, 15) is 49.1 Å². The molecule has 4 rings (SSSR count). The molecule has 10 nitrogen and oxygen atoms in total. The number of carbonyl (C=O) groups is 3. The van der Waals surface area contributed by atoms with Crippen molar-refractivity contribution >= 4 is 56.0 Å². The van der Waals surface area contributed by atoms with Crippen molar-refractivity contribution in [3.05, 3.63) is 69.8 Å². The summed E-state index contributed by atoms with van der Waals surface area (Å²) in [5.41, 5.74) is -2.58. The molecule has 224 valence electrons. The van der Waals surface area contributed by atoms with Crippen LogP contribution in [0.15, 0.2) is 47.5 Å². The van der Waals surface area contributed by atoms with Gasteiger partial charge in [0.25, 0.3) is 17.1 Å². The number of hydrogen-bond acceptors (Lipinski definition) is 7. The molecule has 1 aromatic heterocycles. The minimum atomic E-state index is -5.04. The van der Waals surface area contributed by atoms with E-state index in [1.165, 1.54) is 49.2 Å². The van der Waals surface area contributed by atoms with E-state index in [1.54, 1.807) is 4.72 Å². The Bertz CT molecular complexity index is 1730. The number of thioether (sulfide) groups is 1. The van der Waals surface area contributed by atoms with Crippen molar-refractivity contribution < 1.29 is 49.1 Å². The molecule has 1 aliphatic rings. The number of aromatic nitrogens is 2. The lowest BCUT2D eigenvalue weighted by atomic mass is 10.0. The van der Waals surface area contributed by atoms with Gasteiger partial charge in [0.05, 0.1) is 34.3 Å². The van der Waals surface area contributed by atoms with Gasteiger partial charge in [-0.2, -0.15) is 44.2 Å². The van der Waals surface area contributed by atoms with Crippen LogP contribution in [0.1, 0.15) is 22.3 Å². The van der Waals surface area contributed by atoms with Crippen LogP contribution in [0.5, 0.6) is 0 Å². The highest BCUT2D eigenvalue weighted by Gasteiger charge is 2.39. The number of fused-ring (bicyclic) bond motifs is 1. The average Bonchev–Trinajstić information content (AvgIpc) is 3.37. The quantitative estimate of drug-likeness (QED) is 0.307. The smallest absolute Gasteiger partial charge is 0.272 e. The van der Waals surface area contributed by atoms with Gasteiger partial charge in [-0.15, -0.1) is 0 Å². The first-order valence-electron chi connectivity index (χ1n) is 11.6. The van der Waals surface area contributed by atoms with Crippen molar-refractivity contribution in [2.24, 2.45) is 0 Å². The van der Waals surface area contributed by atoms with Crippen molar-refractivity contribution in [3.63, 3.8) is 0 Å². The van der Waals surface area contributed by atoms with Crippen LogP contribution in [0.4, 0.5) is 31.1 Å². The van der Waals surface area contributed by atoms with Crippen molar-refractivity contribution in [1.82, 2.24) is 23.7 Å². The molecule has 0 radical (unpaired) electrons. The molecule has 1 saturated heterocycles. The Kier molecular flexibility index (Phi) is 8.18. The fraction of sp³-hybridized carbons (Fsp3) is 0.250. The fourth-order valence-electron chi connectivity index (χ4n) is 3.84. The predicted octanol–water partition coefficient (Wildman–Crippen LogP) is 4.08. The molecule has 42 heavy (non-hydrogen) atoms. The minimum Gasteiger partial charge on any atom is -0.272 e. The monoisotopic (exact) mass is 635 g/mol. The van der Waals surface area contributed by atoms with Crippen molar-refractivity contribution in [2.75, 3.05) is 20.6 Å². The number of hydrogen-bond donors (Lipinski definition) is 1. The van der Waals surface area contributed by atoms with Gasteiger partial charge in [0.15, 0.2) is 0 Å². The molecule has 0 bridgehead atoms. The van der Waals surface area contributed by atoms with E-state index in [0.717, 1.165) is 10.4 Å². The Morgan fingerprint density at radius 3 is 2.36 bits per heavy atom. The lowest BCUT2D eigenvalue weighted by molar-refractivity contribution is -0.143. The molecule has 1 N–H and O–H groups in total. The standard InChI is InChI=1S/C24H19F6N5O5S2/c1-33(2)42(39,40)32-20(36)12-34-21(37)19(41-22(34)38)8-13-3-6-18-15(7-13)10-31-35(18)11-14-4-5-16(23(25,26)27)9-17(14)24(28,29)30/h3-10H,11-12H2,1-2H3,(H,32,36). The van der Waals surface area contributed by atoms with Crippen LogP contribution in [-0.2, 0) is 38.7 Å². The van der Waals surface area contributed by atoms with E-state index in [0.29, 0.717) is 39.2 Å².